The molecule has 0 amide bonds. The first-order valence-corrected chi connectivity index (χ1v) is 5.69. The van der Waals surface area contributed by atoms with Crippen LogP contribution >= 0.6 is 0 Å². The summed E-state index contributed by atoms with van der Waals surface area (Å²) in [5, 5.41) is 11.2. The molecule has 0 atom stereocenters. The molecule has 4 heteroatoms. The third-order valence-corrected chi connectivity index (χ3v) is 3.13. The molecular formula is C14H11NO3. The van der Waals surface area contributed by atoms with Gasteiger partial charge in [0.2, 0.25) is 0 Å². The van der Waals surface area contributed by atoms with E-state index in [1.54, 1.807) is 12.1 Å². The van der Waals surface area contributed by atoms with E-state index < -0.39 is 0 Å². The maximum absolute atomic E-state index is 11.2. The average molecular weight is 241 g/mol. The van der Waals surface area contributed by atoms with Gasteiger partial charge in [0.15, 0.2) is 0 Å². The summed E-state index contributed by atoms with van der Waals surface area (Å²) in [5.74, 6) is 0. The Balaban J connectivity index is 2.34. The highest BCUT2D eigenvalue weighted by Gasteiger charge is 2.23. The molecule has 0 saturated carbocycles. The first-order chi connectivity index (χ1) is 8.77. The number of nitro benzene ring substituents is 1. The lowest BCUT2D eigenvalue weighted by atomic mass is 9.95. The van der Waals surface area contributed by atoms with Crippen LogP contribution in [0.15, 0.2) is 42.5 Å². The van der Waals surface area contributed by atoms with E-state index in [0.717, 1.165) is 16.7 Å². The van der Waals surface area contributed by atoms with Gasteiger partial charge in [-0.3, -0.25) is 10.1 Å². The number of benzene rings is 2. The molecule has 0 unspecified atom stereocenters. The highest BCUT2D eigenvalue weighted by atomic mass is 16.6. The van der Waals surface area contributed by atoms with Gasteiger partial charge in [-0.25, -0.2) is 0 Å². The van der Waals surface area contributed by atoms with E-state index in [9.17, 15) is 10.1 Å². The van der Waals surface area contributed by atoms with Crippen molar-refractivity contribution in [1.82, 2.24) is 0 Å². The largest absolute Gasteiger partial charge is 0.372 e. The van der Waals surface area contributed by atoms with E-state index >= 15 is 0 Å². The predicted octanol–water partition coefficient (Wildman–Crippen LogP) is 3.29. The van der Waals surface area contributed by atoms with Crippen molar-refractivity contribution in [3.05, 3.63) is 63.7 Å². The SMILES string of the molecule is O=[N+]([O-])c1cccc2c1-c1ccccc1COC2. The van der Waals surface area contributed by atoms with Crippen LogP contribution < -0.4 is 0 Å². The summed E-state index contributed by atoms with van der Waals surface area (Å²) in [7, 11) is 0. The van der Waals surface area contributed by atoms with Crippen molar-refractivity contribution >= 4 is 5.69 Å². The molecule has 2 aromatic carbocycles. The second-order valence-electron chi connectivity index (χ2n) is 4.22. The van der Waals surface area contributed by atoms with E-state index in [4.69, 9.17) is 4.74 Å². The molecule has 0 N–H and O–H groups in total. The van der Waals surface area contributed by atoms with Crippen LogP contribution in [0.2, 0.25) is 0 Å². The highest BCUT2D eigenvalue weighted by molar-refractivity contribution is 5.79. The van der Waals surface area contributed by atoms with E-state index in [1.165, 1.54) is 0 Å². The normalized spacial score (nSPS) is 13.3. The molecule has 0 radical (unpaired) electrons. The summed E-state index contributed by atoms with van der Waals surface area (Å²) in [4.78, 5) is 10.8. The number of nitrogens with zero attached hydrogens (tertiary/aromatic N) is 1. The first-order valence-electron chi connectivity index (χ1n) is 5.69. The van der Waals surface area contributed by atoms with Crippen LogP contribution in [-0.4, -0.2) is 4.92 Å². The third-order valence-electron chi connectivity index (χ3n) is 3.13. The molecule has 0 saturated heterocycles. The molecule has 1 heterocycles. The lowest BCUT2D eigenvalue weighted by Crippen LogP contribution is -1.96. The summed E-state index contributed by atoms with van der Waals surface area (Å²) in [6.07, 6.45) is 0. The second kappa shape index (κ2) is 4.23. The van der Waals surface area contributed by atoms with Crippen molar-refractivity contribution in [2.75, 3.05) is 0 Å². The van der Waals surface area contributed by atoms with E-state index in [1.807, 2.05) is 30.3 Å². The Labute approximate surface area is 104 Å². The quantitative estimate of drug-likeness (QED) is 0.568. The predicted molar refractivity (Wildman–Crippen MR) is 67.0 cm³/mol. The Morgan fingerprint density at radius 1 is 1.00 bits per heavy atom. The summed E-state index contributed by atoms with van der Waals surface area (Å²) < 4.78 is 5.56. The molecule has 4 nitrogen and oxygen atoms in total. The van der Waals surface area contributed by atoms with E-state index in [0.29, 0.717) is 18.8 Å². The minimum atomic E-state index is -0.332. The molecular weight excluding hydrogens is 230 g/mol. The van der Waals surface area contributed by atoms with Gasteiger partial charge in [-0.15, -0.1) is 0 Å². The topological polar surface area (TPSA) is 52.4 Å². The van der Waals surface area contributed by atoms with Crippen LogP contribution in [0.1, 0.15) is 11.1 Å². The summed E-state index contributed by atoms with van der Waals surface area (Å²) in [6, 6.07) is 12.8. The minimum absolute atomic E-state index is 0.144. The molecule has 0 aliphatic carbocycles. The van der Waals surface area contributed by atoms with Gasteiger partial charge in [-0.1, -0.05) is 36.4 Å². The zero-order valence-electron chi connectivity index (χ0n) is 9.63. The van der Waals surface area contributed by atoms with Crippen molar-refractivity contribution in [1.29, 1.82) is 0 Å². The molecule has 1 aliphatic rings. The van der Waals surface area contributed by atoms with Gasteiger partial charge in [-0.05, 0) is 16.7 Å². The lowest BCUT2D eigenvalue weighted by molar-refractivity contribution is -0.384. The van der Waals surface area contributed by atoms with Crippen LogP contribution in [0, 0.1) is 10.1 Å². The molecule has 0 spiro atoms. The molecule has 90 valence electrons. The van der Waals surface area contributed by atoms with Crippen molar-refractivity contribution in [2.45, 2.75) is 13.2 Å². The fourth-order valence-electron chi connectivity index (χ4n) is 2.33. The zero-order valence-corrected chi connectivity index (χ0v) is 9.63. The van der Waals surface area contributed by atoms with Crippen molar-refractivity contribution < 1.29 is 9.66 Å². The Kier molecular flexibility index (Phi) is 2.57. The highest BCUT2D eigenvalue weighted by Crippen LogP contribution is 2.37. The van der Waals surface area contributed by atoms with Crippen LogP contribution in [0.25, 0.3) is 11.1 Å². The fourth-order valence-corrected chi connectivity index (χ4v) is 2.33. The Morgan fingerprint density at radius 3 is 2.56 bits per heavy atom. The van der Waals surface area contributed by atoms with E-state index in [-0.39, 0.29) is 10.6 Å². The summed E-state index contributed by atoms with van der Waals surface area (Å²) >= 11 is 0. The Morgan fingerprint density at radius 2 is 1.72 bits per heavy atom. The number of ether oxygens (including phenoxy) is 1. The number of nitro groups is 1. The van der Waals surface area contributed by atoms with Crippen molar-refractivity contribution in [3.63, 3.8) is 0 Å². The van der Waals surface area contributed by atoms with Crippen LogP contribution in [-0.2, 0) is 18.0 Å². The van der Waals surface area contributed by atoms with Gasteiger partial charge in [0, 0.05) is 6.07 Å². The summed E-state index contributed by atoms with van der Waals surface area (Å²) in [6.45, 7) is 0.897. The Bertz CT molecular complexity index is 622. The van der Waals surface area contributed by atoms with Gasteiger partial charge in [0.1, 0.15) is 0 Å². The van der Waals surface area contributed by atoms with Crippen LogP contribution in [0.3, 0.4) is 0 Å². The maximum Gasteiger partial charge on any atom is 0.277 e. The molecule has 3 rings (SSSR count). The average Bonchev–Trinajstić information content (AvgIpc) is 2.57. The lowest BCUT2D eigenvalue weighted by Gasteiger charge is -2.08. The second-order valence-corrected chi connectivity index (χ2v) is 4.22. The van der Waals surface area contributed by atoms with Gasteiger partial charge < -0.3 is 4.74 Å². The standard InChI is InChI=1S/C14H11NO3/c16-15(17)13-7-3-5-11-9-18-8-10-4-1-2-6-12(10)14(11)13/h1-7H,8-9H2. The third kappa shape index (κ3) is 1.67. The van der Waals surface area contributed by atoms with Gasteiger partial charge >= 0.3 is 0 Å². The number of fused-ring (bicyclic) bond motifs is 3. The maximum atomic E-state index is 11.2. The minimum Gasteiger partial charge on any atom is -0.372 e. The number of hydrogen-bond donors (Lipinski definition) is 0. The van der Waals surface area contributed by atoms with Crippen molar-refractivity contribution in [3.8, 4) is 11.1 Å². The van der Waals surface area contributed by atoms with Crippen LogP contribution in [0.5, 0.6) is 0 Å². The van der Waals surface area contributed by atoms with Crippen LogP contribution in [0.4, 0.5) is 5.69 Å². The number of rotatable bonds is 1. The summed E-state index contributed by atoms with van der Waals surface area (Å²) in [5.41, 5.74) is 3.60. The number of hydrogen-bond acceptors (Lipinski definition) is 3. The molecule has 2 aromatic rings. The Hall–Kier alpha value is -2.20. The molecule has 1 aliphatic heterocycles. The molecule has 0 bridgehead atoms. The first kappa shape index (κ1) is 10.9. The van der Waals surface area contributed by atoms with Gasteiger partial charge in [0.25, 0.3) is 5.69 Å². The molecule has 0 fully saturated rings. The zero-order chi connectivity index (χ0) is 12.5. The van der Waals surface area contributed by atoms with Gasteiger partial charge in [-0.2, -0.15) is 0 Å². The monoisotopic (exact) mass is 241 g/mol. The van der Waals surface area contributed by atoms with E-state index in [2.05, 4.69) is 0 Å². The molecule has 18 heavy (non-hydrogen) atoms. The smallest absolute Gasteiger partial charge is 0.277 e. The fraction of sp³-hybridized carbons (Fsp3) is 0.143. The molecule has 0 aromatic heterocycles. The van der Waals surface area contributed by atoms with Gasteiger partial charge in [0.05, 0.1) is 23.7 Å². The van der Waals surface area contributed by atoms with Crippen molar-refractivity contribution in [2.24, 2.45) is 0 Å².